The quantitative estimate of drug-likeness (QED) is 0.832. The molecule has 1 unspecified atom stereocenters. The van der Waals surface area contributed by atoms with Crippen molar-refractivity contribution in [3.63, 3.8) is 0 Å². The number of nitrogens with zero attached hydrogens (tertiary/aromatic N) is 2. The maximum atomic E-state index is 12.0. The summed E-state index contributed by atoms with van der Waals surface area (Å²) in [6.45, 7) is 4.99. The normalized spacial score (nSPS) is 21.8. The molecule has 0 spiro atoms. The van der Waals surface area contributed by atoms with Gasteiger partial charge in [0.1, 0.15) is 5.76 Å². The van der Waals surface area contributed by atoms with Crippen LogP contribution >= 0.6 is 0 Å². The van der Waals surface area contributed by atoms with Gasteiger partial charge in [-0.1, -0.05) is 0 Å². The Balaban J connectivity index is 1.36. The van der Waals surface area contributed by atoms with Gasteiger partial charge < -0.3 is 14.6 Å². The smallest absolute Gasteiger partial charge is 0.311 e. The van der Waals surface area contributed by atoms with Crippen LogP contribution in [0.15, 0.2) is 22.8 Å². The Morgan fingerprint density at radius 1 is 1.21 bits per heavy atom. The topological polar surface area (TPSA) is 65.8 Å². The Kier molecular flexibility index (Phi) is 5.91. The maximum absolute atomic E-state index is 12.0. The van der Waals surface area contributed by atoms with Crippen LogP contribution < -0.4 is 5.32 Å². The summed E-state index contributed by atoms with van der Waals surface area (Å²) in [5.41, 5.74) is 0. The third-order valence-electron chi connectivity index (χ3n) is 4.99. The highest BCUT2D eigenvalue weighted by molar-refractivity contribution is 6.35. The van der Waals surface area contributed by atoms with Crippen molar-refractivity contribution in [1.29, 1.82) is 0 Å². The van der Waals surface area contributed by atoms with E-state index in [1.165, 1.54) is 12.8 Å². The van der Waals surface area contributed by atoms with E-state index in [4.69, 9.17) is 4.42 Å². The van der Waals surface area contributed by atoms with Crippen LogP contribution in [0.2, 0.25) is 0 Å². The molecule has 1 atom stereocenters. The molecule has 2 saturated heterocycles. The molecular formula is C18H27N3O3. The summed E-state index contributed by atoms with van der Waals surface area (Å²) < 4.78 is 5.42. The molecule has 1 aromatic rings. The number of carbonyl (C=O) groups excluding carboxylic acids is 2. The molecule has 0 aromatic carbocycles. The van der Waals surface area contributed by atoms with E-state index in [0.29, 0.717) is 12.5 Å². The lowest BCUT2D eigenvalue weighted by Crippen LogP contribution is -2.42. The third-order valence-corrected chi connectivity index (χ3v) is 4.99. The molecule has 24 heavy (non-hydrogen) atoms. The third kappa shape index (κ3) is 4.60. The van der Waals surface area contributed by atoms with Crippen molar-refractivity contribution < 1.29 is 14.0 Å². The Bertz CT molecular complexity index is 538. The lowest BCUT2D eigenvalue weighted by molar-refractivity contribution is -0.145. The minimum atomic E-state index is -0.444. The number of hydrogen-bond donors (Lipinski definition) is 1. The van der Waals surface area contributed by atoms with Gasteiger partial charge in [0.2, 0.25) is 0 Å². The first-order valence-electron chi connectivity index (χ1n) is 9.04. The highest BCUT2D eigenvalue weighted by atomic mass is 16.3. The maximum Gasteiger partial charge on any atom is 0.311 e. The summed E-state index contributed by atoms with van der Waals surface area (Å²) in [7, 11) is 0. The second-order valence-electron chi connectivity index (χ2n) is 6.87. The van der Waals surface area contributed by atoms with Crippen LogP contribution in [0, 0.1) is 5.92 Å². The zero-order chi connectivity index (χ0) is 16.8. The van der Waals surface area contributed by atoms with Crippen molar-refractivity contribution in [3.8, 4) is 0 Å². The van der Waals surface area contributed by atoms with Gasteiger partial charge in [-0.05, 0) is 56.7 Å². The molecule has 6 heteroatoms. The van der Waals surface area contributed by atoms with E-state index in [1.54, 1.807) is 11.2 Å². The fourth-order valence-corrected chi connectivity index (χ4v) is 3.68. The number of amides is 2. The lowest BCUT2D eigenvalue weighted by atomic mass is 9.94. The monoisotopic (exact) mass is 333 g/mol. The zero-order valence-corrected chi connectivity index (χ0v) is 14.2. The minimum Gasteiger partial charge on any atom is -0.468 e. The van der Waals surface area contributed by atoms with Gasteiger partial charge in [0.25, 0.3) is 0 Å². The first kappa shape index (κ1) is 17.0. The fraction of sp³-hybridized carbons (Fsp3) is 0.667. The van der Waals surface area contributed by atoms with E-state index in [1.807, 2.05) is 12.1 Å². The van der Waals surface area contributed by atoms with Crippen molar-refractivity contribution >= 4 is 11.8 Å². The van der Waals surface area contributed by atoms with Crippen LogP contribution in [0.25, 0.3) is 0 Å². The zero-order valence-electron chi connectivity index (χ0n) is 14.2. The molecule has 1 aromatic heterocycles. The number of likely N-dealkylation sites (tertiary alicyclic amines) is 2. The molecule has 2 fully saturated rings. The highest BCUT2D eigenvalue weighted by Crippen LogP contribution is 2.21. The average molecular weight is 333 g/mol. The molecule has 3 rings (SSSR count). The standard InChI is InChI=1S/C18H27N3O3/c22-17(18(23)21-10-1-2-11-21)19-8-7-15-5-3-9-20(13-15)14-16-6-4-12-24-16/h4,6,12,15H,1-3,5,7-11,13-14H2,(H,19,22). The van der Waals surface area contributed by atoms with Crippen LogP contribution in [-0.2, 0) is 16.1 Å². The average Bonchev–Trinajstić information content (AvgIpc) is 3.28. The largest absolute Gasteiger partial charge is 0.468 e. The van der Waals surface area contributed by atoms with Crippen molar-refractivity contribution in [2.24, 2.45) is 5.92 Å². The van der Waals surface area contributed by atoms with Crippen LogP contribution in [-0.4, -0.2) is 54.3 Å². The first-order chi connectivity index (χ1) is 11.7. The molecule has 1 N–H and O–H groups in total. The van der Waals surface area contributed by atoms with Gasteiger partial charge in [-0.25, -0.2) is 0 Å². The summed E-state index contributed by atoms with van der Waals surface area (Å²) in [4.78, 5) is 27.9. The Hall–Kier alpha value is -1.82. The van der Waals surface area contributed by atoms with Gasteiger partial charge in [-0.3, -0.25) is 14.5 Å². The summed E-state index contributed by atoms with van der Waals surface area (Å²) in [5.74, 6) is 0.756. The van der Waals surface area contributed by atoms with Gasteiger partial charge in [0, 0.05) is 26.2 Å². The molecule has 0 aliphatic carbocycles. The van der Waals surface area contributed by atoms with E-state index in [9.17, 15) is 9.59 Å². The van der Waals surface area contributed by atoms with E-state index in [0.717, 1.165) is 57.7 Å². The SMILES string of the molecule is O=C(NCCC1CCCN(Cc2ccco2)C1)C(=O)N1CCCC1. The van der Waals surface area contributed by atoms with Gasteiger partial charge in [-0.15, -0.1) is 0 Å². The Labute approximate surface area is 143 Å². The first-order valence-corrected chi connectivity index (χ1v) is 9.04. The molecule has 132 valence electrons. The van der Waals surface area contributed by atoms with Crippen LogP contribution in [0.3, 0.4) is 0 Å². The molecule has 2 amide bonds. The second kappa shape index (κ2) is 8.33. The van der Waals surface area contributed by atoms with Gasteiger partial charge in [0.15, 0.2) is 0 Å². The van der Waals surface area contributed by atoms with Crippen LogP contribution in [0.5, 0.6) is 0 Å². The number of nitrogens with one attached hydrogen (secondary N) is 1. The van der Waals surface area contributed by atoms with Gasteiger partial charge >= 0.3 is 11.8 Å². The summed E-state index contributed by atoms with van der Waals surface area (Å²) >= 11 is 0. The lowest BCUT2D eigenvalue weighted by Gasteiger charge is -2.32. The summed E-state index contributed by atoms with van der Waals surface area (Å²) in [6.07, 6.45) is 7.01. The van der Waals surface area contributed by atoms with Gasteiger partial charge in [0.05, 0.1) is 12.8 Å². The number of rotatable bonds is 5. The molecule has 6 nitrogen and oxygen atoms in total. The van der Waals surface area contributed by atoms with E-state index >= 15 is 0 Å². The highest BCUT2D eigenvalue weighted by Gasteiger charge is 2.25. The summed E-state index contributed by atoms with van der Waals surface area (Å²) in [5, 5.41) is 2.80. The molecule has 2 aliphatic heterocycles. The molecule has 3 heterocycles. The van der Waals surface area contributed by atoms with E-state index in [2.05, 4.69) is 10.2 Å². The number of hydrogen-bond acceptors (Lipinski definition) is 4. The van der Waals surface area contributed by atoms with Crippen molar-refractivity contribution in [1.82, 2.24) is 15.1 Å². The van der Waals surface area contributed by atoms with Crippen LogP contribution in [0.1, 0.15) is 37.9 Å². The van der Waals surface area contributed by atoms with Gasteiger partial charge in [-0.2, -0.15) is 0 Å². The van der Waals surface area contributed by atoms with Crippen molar-refractivity contribution in [2.45, 2.75) is 38.6 Å². The number of piperidine rings is 1. The molecule has 2 aliphatic rings. The number of furan rings is 1. The predicted molar refractivity (Wildman–Crippen MR) is 90.1 cm³/mol. The van der Waals surface area contributed by atoms with Crippen molar-refractivity contribution in [3.05, 3.63) is 24.2 Å². The number of carbonyl (C=O) groups is 2. The molecule has 0 saturated carbocycles. The minimum absolute atomic E-state index is 0.365. The van der Waals surface area contributed by atoms with E-state index < -0.39 is 5.91 Å². The fourth-order valence-electron chi connectivity index (χ4n) is 3.68. The Morgan fingerprint density at radius 3 is 2.79 bits per heavy atom. The molecule has 0 radical (unpaired) electrons. The molecule has 0 bridgehead atoms. The van der Waals surface area contributed by atoms with Crippen molar-refractivity contribution in [2.75, 3.05) is 32.7 Å². The Morgan fingerprint density at radius 2 is 2.04 bits per heavy atom. The van der Waals surface area contributed by atoms with E-state index in [-0.39, 0.29) is 5.91 Å². The second-order valence-corrected chi connectivity index (χ2v) is 6.87. The van der Waals surface area contributed by atoms with Crippen LogP contribution in [0.4, 0.5) is 0 Å². The molecular weight excluding hydrogens is 306 g/mol. The predicted octanol–water partition coefficient (Wildman–Crippen LogP) is 1.62. The summed E-state index contributed by atoms with van der Waals surface area (Å²) in [6, 6.07) is 3.93.